The molecule has 1 heterocycles. The molecule has 0 unspecified atom stereocenters. The van der Waals surface area contributed by atoms with Gasteiger partial charge in [-0.1, -0.05) is 140 Å². The molecule has 0 aliphatic heterocycles. The Bertz CT molecular complexity index is 2690. The van der Waals surface area contributed by atoms with Crippen molar-refractivity contribution in [2.24, 2.45) is 0 Å². The summed E-state index contributed by atoms with van der Waals surface area (Å²) >= 11 is 0. The van der Waals surface area contributed by atoms with Gasteiger partial charge in [-0.25, -0.2) is 0 Å². The molecule has 10 rings (SSSR count). The highest BCUT2D eigenvalue weighted by Crippen LogP contribution is 2.49. The number of rotatable bonds is 3. The van der Waals surface area contributed by atoms with Crippen LogP contribution in [0, 0.1) is 0 Å². The standard InChI is InChI=1S/C44H26O/c1-2-12-27(13-3-1)29-24-25-37(31-16-5-4-15-30(29)31)42-32-17-6-8-19-34(32)43(35-20-9-7-18-33(35)42)38-26-28-14-10-22-39-41(28)44-36(38)21-11-23-40(44)45-39/h1-26H. The molecule has 1 nitrogen and oxygen atoms in total. The van der Waals surface area contributed by atoms with Crippen molar-refractivity contribution in [3.63, 3.8) is 0 Å². The minimum Gasteiger partial charge on any atom is -0.456 e. The Labute approximate surface area is 259 Å². The quantitative estimate of drug-likeness (QED) is 0.152. The molecule has 0 spiro atoms. The van der Waals surface area contributed by atoms with Crippen LogP contribution in [0.4, 0.5) is 0 Å². The lowest BCUT2D eigenvalue weighted by molar-refractivity contribution is 0.669. The van der Waals surface area contributed by atoms with E-state index in [0.717, 1.165) is 11.2 Å². The average molecular weight is 571 g/mol. The van der Waals surface area contributed by atoms with Crippen molar-refractivity contribution in [2.45, 2.75) is 0 Å². The molecule has 0 amide bonds. The summed E-state index contributed by atoms with van der Waals surface area (Å²) in [6.45, 7) is 0. The molecule has 10 aromatic rings. The fourth-order valence-electron chi connectivity index (χ4n) is 7.77. The van der Waals surface area contributed by atoms with Crippen molar-refractivity contribution >= 4 is 65.0 Å². The smallest absolute Gasteiger partial charge is 0.136 e. The van der Waals surface area contributed by atoms with E-state index in [-0.39, 0.29) is 0 Å². The van der Waals surface area contributed by atoms with E-state index in [4.69, 9.17) is 4.42 Å². The Kier molecular flexibility index (Phi) is 5.06. The highest BCUT2D eigenvalue weighted by molar-refractivity contribution is 6.30. The van der Waals surface area contributed by atoms with E-state index in [1.54, 1.807) is 0 Å². The summed E-state index contributed by atoms with van der Waals surface area (Å²) < 4.78 is 6.34. The van der Waals surface area contributed by atoms with Gasteiger partial charge in [0.1, 0.15) is 11.2 Å². The monoisotopic (exact) mass is 570 g/mol. The molecule has 0 saturated carbocycles. The molecule has 0 fully saturated rings. The largest absolute Gasteiger partial charge is 0.456 e. The molecule has 0 saturated heterocycles. The zero-order valence-electron chi connectivity index (χ0n) is 24.4. The first kappa shape index (κ1) is 24.5. The van der Waals surface area contributed by atoms with Gasteiger partial charge in [-0.3, -0.25) is 0 Å². The van der Waals surface area contributed by atoms with Crippen LogP contribution in [0.15, 0.2) is 162 Å². The highest BCUT2D eigenvalue weighted by atomic mass is 16.3. The number of benzene rings is 9. The van der Waals surface area contributed by atoms with Crippen LogP contribution in [0.25, 0.3) is 98.4 Å². The van der Waals surface area contributed by atoms with Crippen molar-refractivity contribution in [3.05, 3.63) is 158 Å². The molecule has 1 heteroatoms. The van der Waals surface area contributed by atoms with E-state index in [9.17, 15) is 0 Å². The zero-order valence-corrected chi connectivity index (χ0v) is 24.4. The van der Waals surface area contributed by atoms with Gasteiger partial charge in [-0.15, -0.1) is 0 Å². The predicted octanol–water partition coefficient (Wildman–Crippen LogP) is 12.6. The molecular weight excluding hydrogens is 544 g/mol. The van der Waals surface area contributed by atoms with Gasteiger partial charge in [-0.2, -0.15) is 0 Å². The summed E-state index contributed by atoms with van der Waals surface area (Å²) in [6.07, 6.45) is 0. The SMILES string of the molecule is c1ccc(-c2ccc(-c3c4ccccc4c(-c4cc5cccc6oc7cccc4c7c56)c4ccccc34)c3ccccc23)cc1. The van der Waals surface area contributed by atoms with Gasteiger partial charge in [0.15, 0.2) is 0 Å². The maximum Gasteiger partial charge on any atom is 0.136 e. The lowest BCUT2D eigenvalue weighted by Crippen LogP contribution is -1.93. The summed E-state index contributed by atoms with van der Waals surface area (Å²) in [4.78, 5) is 0. The van der Waals surface area contributed by atoms with E-state index in [0.29, 0.717) is 0 Å². The zero-order chi connectivity index (χ0) is 29.5. The second kappa shape index (κ2) is 9.29. The fourth-order valence-corrected chi connectivity index (χ4v) is 7.77. The number of hydrogen-bond acceptors (Lipinski definition) is 1. The van der Waals surface area contributed by atoms with E-state index in [1.807, 2.05) is 0 Å². The van der Waals surface area contributed by atoms with E-state index in [2.05, 4.69) is 158 Å². The van der Waals surface area contributed by atoms with Gasteiger partial charge < -0.3 is 4.42 Å². The van der Waals surface area contributed by atoms with E-state index >= 15 is 0 Å². The molecule has 0 aliphatic rings. The molecule has 0 atom stereocenters. The third-order valence-corrected chi connectivity index (χ3v) is 9.62. The molecule has 0 aliphatic carbocycles. The van der Waals surface area contributed by atoms with Crippen LogP contribution in [-0.2, 0) is 0 Å². The van der Waals surface area contributed by atoms with Crippen molar-refractivity contribution in [1.29, 1.82) is 0 Å². The number of furan rings is 1. The first-order valence-electron chi connectivity index (χ1n) is 15.5. The topological polar surface area (TPSA) is 13.1 Å². The maximum atomic E-state index is 6.34. The van der Waals surface area contributed by atoms with Crippen LogP contribution in [0.3, 0.4) is 0 Å². The van der Waals surface area contributed by atoms with Gasteiger partial charge >= 0.3 is 0 Å². The number of fused-ring (bicyclic) bond motifs is 3. The van der Waals surface area contributed by atoms with Crippen LogP contribution in [0.5, 0.6) is 0 Å². The minimum absolute atomic E-state index is 0.941. The molecular formula is C44H26O. The lowest BCUT2D eigenvalue weighted by atomic mass is 9.82. The molecule has 9 aromatic carbocycles. The van der Waals surface area contributed by atoms with Gasteiger partial charge in [0.2, 0.25) is 0 Å². The predicted molar refractivity (Wildman–Crippen MR) is 191 cm³/mol. The first-order valence-corrected chi connectivity index (χ1v) is 15.5. The van der Waals surface area contributed by atoms with Crippen LogP contribution in [0.1, 0.15) is 0 Å². The summed E-state index contributed by atoms with van der Waals surface area (Å²) in [6, 6.07) is 57.3. The van der Waals surface area contributed by atoms with Crippen LogP contribution in [-0.4, -0.2) is 0 Å². The molecule has 45 heavy (non-hydrogen) atoms. The van der Waals surface area contributed by atoms with Crippen LogP contribution in [0.2, 0.25) is 0 Å². The van der Waals surface area contributed by atoms with Gasteiger partial charge in [0, 0.05) is 10.8 Å². The Hall–Kier alpha value is -5.92. The maximum absolute atomic E-state index is 6.34. The van der Waals surface area contributed by atoms with E-state index < -0.39 is 0 Å². The normalized spacial score (nSPS) is 12.0. The molecule has 0 radical (unpaired) electrons. The minimum atomic E-state index is 0.941. The van der Waals surface area contributed by atoms with Crippen molar-refractivity contribution in [1.82, 2.24) is 0 Å². The van der Waals surface area contributed by atoms with Gasteiger partial charge in [0.25, 0.3) is 0 Å². The molecule has 208 valence electrons. The molecule has 0 N–H and O–H groups in total. The lowest BCUT2D eigenvalue weighted by Gasteiger charge is -2.20. The first-order chi connectivity index (χ1) is 22.3. The Morgan fingerprint density at radius 2 is 0.800 bits per heavy atom. The fraction of sp³-hybridized carbons (Fsp3) is 0. The Morgan fingerprint density at radius 1 is 0.311 bits per heavy atom. The summed E-state index contributed by atoms with van der Waals surface area (Å²) in [5.74, 6) is 0. The average Bonchev–Trinajstić information content (AvgIpc) is 3.50. The number of hydrogen-bond donors (Lipinski definition) is 0. The highest BCUT2D eigenvalue weighted by Gasteiger charge is 2.22. The third kappa shape index (κ3) is 3.44. The van der Waals surface area contributed by atoms with Crippen molar-refractivity contribution in [3.8, 4) is 33.4 Å². The molecule has 0 bridgehead atoms. The van der Waals surface area contributed by atoms with Crippen molar-refractivity contribution in [2.75, 3.05) is 0 Å². The Balaban J connectivity index is 1.35. The van der Waals surface area contributed by atoms with Gasteiger partial charge in [-0.05, 0) is 94.7 Å². The third-order valence-electron chi connectivity index (χ3n) is 9.62. The van der Waals surface area contributed by atoms with Crippen LogP contribution >= 0.6 is 0 Å². The van der Waals surface area contributed by atoms with Crippen molar-refractivity contribution < 1.29 is 4.42 Å². The van der Waals surface area contributed by atoms with E-state index in [1.165, 1.54) is 87.2 Å². The second-order valence-electron chi connectivity index (χ2n) is 12.0. The summed E-state index contributed by atoms with van der Waals surface area (Å²) in [5.41, 5.74) is 9.42. The molecule has 1 aromatic heterocycles. The summed E-state index contributed by atoms with van der Waals surface area (Å²) in [5, 5.41) is 12.4. The second-order valence-corrected chi connectivity index (χ2v) is 12.0. The van der Waals surface area contributed by atoms with Crippen LogP contribution < -0.4 is 0 Å². The summed E-state index contributed by atoms with van der Waals surface area (Å²) in [7, 11) is 0. The van der Waals surface area contributed by atoms with Gasteiger partial charge in [0.05, 0.1) is 0 Å². The Morgan fingerprint density at radius 3 is 1.47 bits per heavy atom.